The second-order valence-electron chi connectivity index (χ2n) is 10.7. The minimum atomic E-state index is -1.11. The molecular formula is C28H41N5O5. The van der Waals surface area contributed by atoms with Crippen LogP contribution in [0.25, 0.3) is 10.9 Å². The summed E-state index contributed by atoms with van der Waals surface area (Å²) in [5, 5.41) is 22.1. The van der Waals surface area contributed by atoms with Gasteiger partial charge in [-0.15, -0.1) is 0 Å². The van der Waals surface area contributed by atoms with E-state index in [1.54, 1.807) is 6.92 Å². The number of carboxylic acids is 1. The Morgan fingerprint density at radius 3 is 2.37 bits per heavy atom. The molecule has 1 aliphatic heterocycles. The van der Waals surface area contributed by atoms with Crippen molar-refractivity contribution in [1.82, 2.24) is 26.3 Å². The van der Waals surface area contributed by atoms with Crippen molar-refractivity contribution in [3.63, 3.8) is 0 Å². The number of hydrogen-bond acceptors (Lipinski definition) is 5. The van der Waals surface area contributed by atoms with E-state index in [9.17, 15) is 24.3 Å². The van der Waals surface area contributed by atoms with Gasteiger partial charge in [0.25, 0.3) is 0 Å². The molecule has 5 unspecified atom stereocenters. The first-order valence-corrected chi connectivity index (χ1v) is 13.5. The summed E-state index contributed by atoms with van der Waals surface area (Å²) in [6.07, 6.45) is 4.53. The van der Waals surface area contributed by atoms with Crippen LogP contribution in [0.5, 0.6) is 0 Å². The molecule has 3 rings (SSSR count). The van der Waals surface area contributed by atoms with E-state index >= 15 is 0 Å². The Balaban J connectivity index is 1.82. The summed E-state index contributed by atoms with van der Waals surface area (Å²) in [6, 6.07) is 4.43. The number of carbonyl (C=O) groups excluding carboxylic acids is 3. The van der Waals surface area contributed by atoms with Gasteiger partial charge in [0.1, 0.15) is 18.1 Å². The van der Waals surface area contributed by atoms with Crippen molar-refractivity contribution in [3.8, 4) is 0 Å². The van der Waals surface area contributed by atoms with Crippen LogP contribution in [0.1, 0.15) is 58.9 Å². The predicted octanol–water partition coefficient (Wildman–Crippen LogP) is 2.09. The van der Waals surface area contributed by atoms with Crippen molar-refractivity contribution < 1.29 is 24.3 Å². The van der Waals surface area contributed by atoms with Crippen LogP contribution < -0.4 is 21.3 Å². The van der Waals surface area contributed by atoms with Gasteiger partial charge in [0.05, 0.1) is 6.04 Å². The number of carboxylic acid groups (broad SMARTS) is 1. The zero-order valence-corrected chi connectivity index (χ0v) is 22.7. The van der Waals surface area contributed by atoms with E-state index < -0.39 is 35.9 Å². The average molecular weight is 528 g/mol. The van der Waals surface area contributed by atoms with E-state index in [4.69, 9.17) is 0 Å². The number of benzene rings is 1. The quantitative estimate of drug-likeness (QED) is 0.235. The van der Waals surface area contributed by atoms with Gasteiger partial charge in [0.15, 0.2) is 0 Å². The Labute approximate surface area is 223 Å². The van der Waals surface area contributed by atoms with Crippen LogP contribution in [-0.2, 0) is 25.6 Å². The second-order valence-corrected chi connectivity index (χ2v) is 10.7. The van der Waals surface area contributed by atoms with Crippen molar-refractivity contribution >= 4 is 34.6 Å². The van der Waals surface area contributed by atoms with E-state index in [1.807, 2.05) is 51.2 Å². The van der Waals surface area contributed by atoms with Gasteiger partial charge in [-0.3, -0.25) is 14.4 Å². The zero-order chi connectivity index (χ0) is 27.8. The Morgan fingerprint density at radius 1 is 1.03 bits per heavy atom. The topological polar surface area (TPSA) is 152 Å². The molecule has 10 heteroatoms. The molecule has 0 radical (unpaired) electrons. The largest absolute Gasteiger partial charge is 0.480 e. The Kier molecular flexibility index (Phi) is 10.3. The molecule has 10 nitrogen and oxygen atoms in total. The number of amides is 3. The molecule has 1 aromatic carbocycles. The standard InChI is InChI=1S/C28H41N5O5/c1-5-17(4)24(28(37)38)33-27(36)22(13-16(2)3)31-26(35)23(32-25(34)21-11-8-12-29-21)14-18-15-30-20-10-7-6-9-19(18)20/h6-7,9-10,15-17,21-24,29-30H,5,8,11-14H2,1-4H3,(H,31,35)(H,32,34)(H,33,36)(H,37,38). The number of aromatic nitrogens is 1. The normalized spacial score (nSPS) is 18.5. The third kappa shape index (κ3) is 7.56. The first-order chi connectivity index (χ1) is 18.1. The van der Waals surface area contributed by atoms with E-state index in [0.717, 1.165) is 29.4 Å². The number of aromatic amines is 1. The number of hydrogen-bond donors (Lipinski definition) is 6. The van der Waals surface area contributed by atoms with Gasteiger partial charge in [-0.1, -0.05) is 52.3 Å². The van der Waals surface area contributed by atoms with Crippen molar-refractivity contribution in [1.29, 1.82) is 0 Å². The molecule has 1 saturated heterocycles. The predicted molar refractivity (Wildman–Crippen MR) is 145 cm³/mol. The molecule has 38 heavy (non-hydrogen) atoms. The monoisotopic (exact) mass is 527 g/mol. The van der Waals surface area contributed by atoms with E-state index in [-0.39, 0.29) is 30.2 Å². The number of para-hydroxylation sites is 1. The molecule has 208 valence electrons. The lowest BCUT2D eigenvalue weighted by atomic mass is 9.97. The first kappa shape index (κ1) is 29.2. The fourth-order valence-electron chi connectivity index (χ4n) is 4.82. The van der Waals surface area contributed by atoms with Crippen LogP contribution >= 0.6 is 0 Å². The van der Waals surface area contributed by atoms with E-state index in [0.29, 0.717) is 19.3 Å². The average Bonchev–Trinajstić information content (AvgIpc) is 3.56. The first-order valence-electron chi connectivity index (χ1n) is 13.5. The number of carbonyl (C=O) groups is 4. The maximum Gasteiger partial charge on any atom is 0.326 e. The summed E-state index contributed by atoms with van der Waals surface area (Å²) < 4.78 is 0. The molecule has 2 heterocycles. The van der Waals surface area contributed by atoms with Crippen LogP contribution in [0.3, 0.4) is 0 Å². The molecule has 6 N–H and O–H groups in total. The summed E-state index contributed by atoms with van der Waals surface area (Å²) in [4.78, 5) is 54.8. The maximum atomic E-state index is 13.6. The SMILES string of the molecule is CCC(C)C(NC(=O)C(CC(C)C)NC(=O)C(Cc1c[nH]c2ccccc12)NC(=O)C1CCCN1)C(=O)O. The summed E-state index contributed by atoms with van der Waals surface area (Å²) >= 11 is 0. The Bertz CT molecular complexity index is 1120. The summed E-state index contributed by atoms with van der Waals surface area (Å²) in [6.45, 7) is 8.21. The molecule has 0 spiro atoms. The maximum absolute atomic E-state index is 13.6. The van der Waals surface area contributed by atoms with Gasteiger partial charge in [0, 0.05) is 23.5 Å². The van der Waals surface area contributed by atoms with Crippen molar-refractivity contribution in [2.24, 2.45) is 11.8 Å². The van der Waals surface area contributed by atoms with Gasteiger partial charge < -0.3 is 31.4 Å². The number of fused-ring (bicyclic) bond motifs is 1. The third-order valence-electron chi connectivity index (χ3n) is 7.23. The van der Waals surface area contributed by atoms with Crippen LogP contribution in [0.4, 0.5) is 0 Å². The van der Waals surface area contributed by atoms with Crippen LogP contribution in [0, 0.1) is 11.8 Å². The zero-order valence-electron chi connectivity index (χ0n) is 22.7. The molecule has 2 aromatic rings. The summed E-state index contributed by atoms with van der Waals surface area (Å²) in [5.41, 5.74) is 1.79. The highest BCUT2D eigenvalue weighted by molar-refractivity contribution is 5.95. The molecule has 1 fully saturated rings. The fourth-order valence-corrected chi connectivity index (χ4v) is 4.82. The smallest absolute Gasteiger partial charge is 0.326 e. The van der Waals surface area contributed by atoms with Crippen molar-refractivity contribution in [3.05, 3.63) is 36.0 Å². The highest BCUT2D eigenvalue weighted by Crippen LogP contribution is 2.20. The minimum absolute atomic E-state index is 0.0577. The van der Waals surface area contributed by atoms with Crippen molar-refractivity contribution in [2.75, 3.05) is 6.54 Å². The van der Waals surface area contributed by atoms with Crippen molar-refractivity contribution in [2.45, 2.75) is 84.0 Å². The summed E-state index contributed by atoms with van der Waals surface area (Å²) in [5.74, 6) is -2.62. The molecule has 3 amide bonds. The number of rotatable bonds is 13. The van der Waals surface area contributed by atoms with E-state index in [1.165, 1.54) is 0 Å². The van der Waals surface area contributed by atoms with Crippen LogP contribution in [0.15, 0.2) is 30.5 Å². The Hall–Kier alpha value is -3.40. The van der Waals surface area contributed by atoms with Crippen LogP contribution in [0.2, 0.25) is 0 Å². The van der Waals surface area contributed by atoms with E-state index in [2.05, 4.69) is 26.3 Å². The lowest BCUT2D eigenvalue weighted by molar-refractivity contribution is -0.144. The third-order valence-corrected chi connectivity index (χ3v) is 7.23. The number of H-pyrrole nitrogens is 1. The molecule has 0 saturated carbocycles. The van der Waals surface area contributed by atoms with Gasteiger partial charge in [-0.2, -0.15) is 0 Å². The lowest BCUT2D eigenvalue weighted by Crippen LogP contribution is -2.58. The van der Waals surface area contributed by atoms with Gasteiger partial charge in [-0.25, -0.2) is 4.79 Å². The molecule has 0 bridgehead atoms. The molecular weight excluding hydrogens is 486 g/mol. The van der Waals surface area contributed by atoms with Crippen LogP contribution in [-0.4, -0.2) is 64.5 Å². The molecule has 1 aromatic heterocycles. The molecule has 0 aliphatic carbocycles. The van der Waals surface area contributed by atoms with Gasteiger partial charge >= 0.3 is 5.97 Å². The Morgan fingerprint density at radius 2 is 1.74 bits per heavy atom. The molecule has 1 aliphatic rings. The highest BCUT2D eigenvalue weighted by Gasteiger charge is 2.33. The molecule has 5 atom stereocenters. The fraction of sp³-hybridized carbons (Fsp3) is 0.571. The number of aliphatic carboxylic acids is 1. The lowest BCUT2D eigenvalue weighted by Gasteiger charge is -2.27. The second kappa shape index (κ2) is 13.4. The minimum Gasteiger partial charge on any atom is -0.480 e. The van der Waals surface area contributed by atoms with Gasteiger partial charge in [0.2, 0.25) is 17.7 Å². The van der Waals surface area contributed by atoms with Gasteiger partial charge in [-0.05, 0) is 49.3 Å². The number of nitrogens with one attached hydrogen (secondary N) is 5. The summed E-state index contributed by atoms with van der Waals surface area (Å²) in [7, 11) is 0. The highest BCUT2D eigenvalue weighted by atomic mass is 16.4.